The van der Waals surface area contributed by atoms with Gasteiger partial charge in [0.15, 0.2) is 0 Å². The van der Waals surface area contributed by atoms with Crippen LogP contribution in [0.2, 0.25) is 0 Å². The summed E-state index contributed by atoms with van der Waals surface area (Å²) in [5.74, 6) is 1.18. The highest BCUT2D eigenvalue weighted by atomic mass is 32.2. The number of benzene rings is 1. The number of thioether (sulfide) groups is 1. The molecule has 1 atom stereocenters. The number of hydrogen-bond acceptors (Lipinski definition) is 5. The molecule has 0 saturated carbocycles. The molecular weight excluding hydrogens is 294 g/mol. The summed E-state index contributed by atoms with van der Waals surface area (Å²) in [4.78, 5) is 0.223. The molecule has 1 saturated heterocycles. The van der Waals surface area contributed by atoms with Gasteiger partial charge in [-0.15, -0.1) is 0 Å². The monoisotopic (exact) mass is 315 g/mol. The second-order valence-corrected chi connectivity index (χ2v) is 8.78. The quantitative estimate of drug-likeness (QED) is 0.723. The number of nitrogen functional groups attached to an aromatic ring is 1. The van der Waals surface area contributed by atoms with Crippen LogP contribution in [0.3, 0.4) is 0 Å². The summed E-state index contributed by atoms with van der Waals surface area (Å²) < 4.78 is 26.1. The predicted octanol–water partition coefficient (Wildman–Crippen LogP) is 1.87. The third-order valence-electron chi connectivity index (χ3n) is 3.56. The van der Waals surface area contributed by atoms with E-state index in [1.807, 2.05) is 11.8 Å². The standard InChI is InChI=1S/C13H21N3O2S2/c1-13(6-3-7-19-13)9-16-12-8-10(4-5-11(12)14)20(17,18)15-2/h4-5,8,15-16H,3,6-7,9,14H2,1-2H3. The highest BCUT2D eigenvalue weighted by Gasteiger charge is 2.29. The minimum absolute atomic E-state index is 0.199. The molecule has 1 aliphatic heterocycles. The van der Waals surface area contributed by atoms with E-state index in [4.69, 9.17) is 5.73 Å². The molecule has 0 bridgehead atoms. The lowest BCUT2D eigenvalue weighted by Gasteiger charge is -2.24. The van der Waals surface area contributed by atoms with Crippen molar-refractivity contribution in [2.24, 2.45) is 0 Å². The molecule has 1 aromatic rings. The van der Waals surface area contributed by atoms with Gasteiger partial charge in [0, 0.05) is 11.3 Å². The SMILES string of the molecule is CNS(=O)(=O)c1ccc(N)c(NCC2(C)CCCS2)c1. The van der Waals surface area contributed by atoms with Crippen molar-refractivity contribution in [3.8, 4) is 0 Å². The van der Waals surface area contributed by atoms with Crippen LogP contribution in [0, 0.1) is 0 Å². The van der Waals surface area contributed by atoms with E-state index in [2.05, 4.69) is 17.0 Å². The average Bonchev–Trinajstić information content (AvgIpc) is 2.85. The summed E-state index contributed by atoms with van der Waals surface area (Å²) in [5, 5.41) is 3.29. The van der Waals surface area contributed by atoms with Crippen LogP contribution in [0.15, 0.2) is 23.1 Å². The fourth-order valence-corrected chi connectivity index (χ4v) is 4.23. The van der Waals surface area contributed by atoms with Crippen LogP contribution in [-0.2, 0) is 10.0 Å². The zero-order valence-corrected chi connectivity index (χ0v) is 13.4. The first-order chi connectivity index (χ1) is 9.36. The molecule has 0 aliphatic carbocycles. The number of rotatable bonds is 5. The molecule has 2 rings (SSSR count). The number of sulfonamides is 1. The van der Waals surface area contributed by atoms with E-state index in [1.54, 1.807) is 12.1 Å². The lowest BCUT2D eigenvalue weighted by Crippen LogP contribution is -2.27. The lowest BCUT2D eigenvalue weighted by atomic mass is 10.1. The zero-order valence-electron chi connectivity index (χ0n) is 11.8. The van der Waals surface area contributed by atoms with Crippen molar-refractivity contribution in [3.05, 3.63) is 18.2 Å². The number of nitrogens with two attached hydrogens (primary N) is 1. The molecule has 112 valence electrons. The van der Waals surface area contributed by atoms with Gasteiger partial charge in [0.25, 0.3) is 0 Å². The fourth-order valence-electron chi connectivity index (χ4n) is 2.23. The molecule has 1 aromatic carbocycles. The summed E-state index contributed by atoms with van der Waals surface area (Å²) in [5.41, 5.74) is 7.16. The molecule has 0 radical (unpaired) electrons. The summed E-state index contributed by atoms with van der Waals surface area (Å²) in [6, 6.07) is 4.72. The van der Waals surface area contributed by atoms with Crippen molar-refractivity contribution in [3.63, 3.8) is 0 Å². The highest BCUT2D eigenvalue weighted by molar-refractivity contribution is 8.00. The fraction of sp³-hybridized carbons (Fsp3) is 0.538. The van der Waals surface area contributed by atoms with Crippen molar-refractivity contribution in [2.45, 2.75) is 29.4 Å². The Morgan fingerprint density at radius 3 is 2.80 bits per heavy atom. The van der Waals surface area contributed by atoms with Crippen LogP contribution in [0.25, 0.3) is 0 Å². The minimum Gasteiger partial charge on any atom is -0.397 e. The second kappa shape index (κ2) is 5.83. The van der Waals surface area contributed by atoms with Crippen LogP contribution < -0.4 is 15.8 Å². The van der Waals surface area contributed by atoms with Crippen molar-refractivity contribution >= 4 is 33.2 Å². The molecule has 1 unspecified atom stereocenters. The van der Waals surface area contributed by atoms with Crippen LogP contribution in [-0.4, -0.2) is 32.5 Å². The molecule has 1 heterocycles. The summed E-state index contributed by atoms with van der Waals surface area (Å²) in [6.07, 6.45) is 2.39. The van der Waals surface area contributed by atoms with Gasteiger partial charge in [-0.2, -0.15) is 11.8 Å². The highest BCUT2D eigenvalue weighted by Crippen LogP contribution is 2.38. The Kier molecular flexibility index (Phi) is 4.51. The number of hydrogen-bond donors (Lipinski definition) is 3. The van der Waals surface area contributed by atoms with Gasteiger partial charge in [-0.05, 0) is 50.8 Å². The van der Waals surface area contributed by atoms with Crippen molar-refractivity contribution in [1.29, 1.82) is 0 Å². The first kappa shape index (κ1) is 15.5. The molecule has 20 heavy (non-hydrogen) atoms. The Morgan fingerprint density at radius 2 is 2.20 bits per heavy atom. The van der Waals surface area contributed by atoms with E-state index in [1.165, 1.54) is 31.7 Å². The largest absolute Gasteiger partial charge is 0.397 e. The maximum atomic E-state index is 11.8. The van der Waals surface area contributed by atoms with Gasteiger partial charge in [0.1, 0.15) is 0 Å². The molecule has 7 heteroatoms. The zero-order chi connectivity index (χ0) is 14.8. The van der Waals surface area contributed by atoms with Gasteiger partial charge >= 0.3 is 0 Å². The number of anilines is 2. The molecular formula is C13H21N3O2S2. The van der Waals surface area contributed by atoms with Crippen LogP contribution >= 0.6 is 11.8 Å². The van der Waals surface area contributed by atoms with Crippen LogP contribution in [0.1, 0.15) is 19.8 Å². The molecule has 1 aliphatic rings. The lowest BCUT2D eigenvalue weighted by molar-refractivity contribution is 0.588. The first-order valence-corrected chi connectivity index (χ1v) is 9.04. The van der Waals surface area contributed by atoms with E-state index in [9.17, 15) is 8.42 Å². The maximum absolute atomic E-state index is 11.8. The second-order valence-electron chi connectivity index (χ2n) is 5.21. The third-order valence-corrected chi connectivity index (χ3v) is 6.51. The smallest absolute Gasteiger partial charge is 0.240 e. The van der Waals surface area contributed by atoms with Gasteiger partial charge in [-0.1, -0.05) is 0 Å². The topological polar surface area (TPSA) is 84.2 Å². The Labute approximate surface area is 124 Å². The normalized spacial score (nSPS) is 22.9. The first-order valence-electron chi connectivity index (χ1n) is 6.57. The summed E-state index contributed by atoms with van der Waals surface area (Å²) in [7, 11) is -2.04. The van der Waals surface area contributed by atoms with Crippen molar-refractivity contribution < 1.29 is 8.42 Å². The third kappa shape index (κ3) is 3.39. The van der Waals surface area contributed by atoms with E-state index in [0.717, 1.165) is 6.54 Å². The van der Waals surface area contributed by atoms with Crippen molar-refractivity contribution in [2.75, 3.05) is 30.4 Å². The van der Waals surface area contributed by atoms with Crippen LogP contribution in [0.5, 0.6) is 0 Å². The molecule has 4 N–H and O–H groups in total. The van der Waals surface area contributed by atoms with E-state index < -0.39 is 10.0 Å². The van der Waals surface area contributed by atoms with Gasteiger partial charge in [0.05, 0.1) is 16.3 Å². The minimum atomic E-state index is -3.44. The summed E-state index contributed by atoms with van der Waals surface area (Å²) in [6.45, 7) is 3.01. The molecule has 0 amide bonds. The maximum Gasteiger partial charge on any atom is 0.240 e. The van der Waals surface area contributed by atoms with Gasteiger partial charge in [0.2, 0.25) is 10.0 Å². The van der Waals surface area contributed by atoms with Crippen LogP contribution in [0.4, 0.5) is 11.4 Å². The Morgan fingerprint density at radius 1 is 1.45 bits per heavy atom. The molecule has 0 aromatic heterocycles. The van der Waals surface area contributed by atoms with Gasteiger partial charge < -0.3 is 11.1 Å². The molecule has 1 fully saturated rings. The van der Waals surface area contributed by atoms with E-state index in [0.29, 0.717) is 11.4 Å². The number of nitrogens with one attached hydrogen (secondary N) is 2. The van der Waals surface area contributed by atoms with Gasteiger partial charge in [-0.25, -0.2) is 13.1 Å². The molecule has 0 spiro atoms. The Balaban J connectivity index is 2.17. The van der Waals surface area contributed by atoms with E-state index >= 15 is 0 Å². The predicted molar refractivity (Wildman–Crippen MR) is 85.7 cm³/mol. The molecule has 5 nitrogen and oxygen atoms in total. The Bertz CT molecular complexity index is 581. The Hall–Kier alpha value is -0.920. The van der Waals surface area contributed by atoms with E-state index in [-0.39, 0.29) is 9.64 Å². The van der Waals surface area contributed by atoms with Gasteiger partial charge in [-0.3, -0.25) is 0 Å². The van der Waals surface area contributed by atoms with Crippen molar-refractivity contribution in [1.82, 2.24) is 4.72 Å². The summed E-state index contributed by atoms with van der Waals surface area (Å²) >= 11 is 1.95. The average molecular weight is 315 g/mol.